The predicted octanol–water partition coefficient (Wildman–Crippen LogP) is 17.0. The summed E-state index contributed by atoms with van der Waals surface area (Å²) < 4.78 is 0. The maximum atomic E-state index is 12.4. The van der Waals surface area contributed by atoms with Crippen molar-refractivity contribution in [2.75, 3.05) is 6.61 Å². The summed E-state index contributed by atoms with van der Waals surface area (Å²) in [5, 5.41) is 23.0. The van der Waals surface area contributed by atoms with Gasteiger partial charge in [0.15, 0.2) is 0 Å². The molecule has 0 spiro atoms. The summed E-state index contributed by atoms with van der Waals surface area (Å²) in [4.78, 5) is 12.4. The lowest BCUT2D eigenvalue weighted by molar-refractivity contribution is -0.123. The predicted molar refractivity (Wildman–Crippen MR) is 253 cm³/mol. The van der Waals surface area contributed by atoms with Crippen LogP contribution in [-0.2, 0) is 4.79 Å². The van der Waals surface area contributed by atoms with Crippen molar-refractivity contribution >= 4 is 5.91 Å². The van der Waals surface area contributed by atoms with Crippen molar-refractivity contribution in [3.63, 3.8) is 0 Å². The second-order valence-electron chi connectivity index (χ2n) is 18.3. The van der Waals surface area contributed by atoms with E-state index in [1.807, 2.05) is 6.08 Å². The Morgan fingerprint density at radius 3 is 0.912 bits per heavy atom. The minimum absolute atomic E-state index is 0.0596. The minimum atomic E-state index is -0.832. The van der Waals surface area contributed by atoms with E-state index in [1.54, 1.807) is 6.08 Å². The highest BCUT2D eigenvalue weighted by molar-refractivity contribution is 5.76. The molecule has 0 aromatic rings. The van der Waals surface area contributed by atoms with Gasteiger partial charge in [-0.15, -0.1) is 0 Å². The van der Waals surface area contributed by atoms with Crippen LogP contribution in [0.2, 0.25) is 0 Å². The molecule has 3 N–H and O–H groups in total. The SMILES string of the molecule is CCCCCCCCCC/C=C/C(O)C(CO)NC(=O)CCCCCCCCCCCCCCCCCCCCCCCCCCCCCCCCCCCCC. The van der Waals surface area contributed by atoms with Crippen molar-refractivity contribution in [3.8, 4) is 0 Å². The lowest BCUT2D eigenvalue weighted by Crippen LogP contribution is -2.45. The lowest BCUT2D eigenvalue weighted by Gasteiger charge is -2.20. The van der Waals surface area contributed by atoms with E-state index >= 15 is 0 Å². The first-order chi connectivity index (χ1) is 28.2. The van der Waals surface area contributed by atoms with E-state index in [0.717, 1.165) is 25.7 Å². The van der Waals surface area contributed by atoms with Crippen LogP contribution >= 0.6 is 0 Å². The molecule has 4 heteroatoms. The van der Waals surface area contributed by atoms with Crippen molar-refractivity contribution in [3.05, 3.63) is 12.2 Å². The van der Waals surface area contributed by atoms with Crippen LogP contribution in [0.3, 0.4) is 0 Å². The molecule has 0 aromatic carbocycles. The minimum Gasteiger partial charge on any atom is -0.394 e. The van der Waals surface area contributed by atoms with E-state index in [-0.39, 0.29) is 12.5 Å². The molecule has 2 unspecified atom stereocenters. The summed E-state index contributed by atoms with van der Waals surface area (Å²) in [6.07, 6.45) is 63.9. The van der Waals surface area contributed by atoms with E-state index in [1.165, 1.54) is 257 Å². The first-order valence-corrected chi connectivity index (χ1v) is 26.4. The molecule has 0 fully saturated rings. The number of rotatable bonds is 49. The number of amides is 1. The zero-order valence-corrected chi connectivity index (χ0v) is 39.1. The average Bonchev–Trinajstić information content (AvgIpc) is 3.22. The summed E-state index contributed by atoms with van der Waals surface area (Å²) in [7, 11) is 0. The first kappa shape index (κ1) is 56.1. The van der Waals surface area contributed by atoms with Crippen LogP contribution in [0.5, 0.6) is 0 Å². The van der Waals surface area contributed by atoms with E-state index in [9.17, 15) is 15.0 Å². The molecule has 340 valence electrons. The van der Waals surface area contributed by atoms with Crippen molar-refractivity contribution in [1.29, 1.82) is 0 Å². The van der Waals surface area contributed by atoms with Crippen LogP contribution in [-0.4, -0.2) is 34.9 Å². The highest BCUT2D eigenvalue weighted by Crippen LogP contribution is 2.18. The Labute approximate surface area is 358 Å². The Morgan fingerprint density at radius 2 is 0.649 bits per heavy atom. The summed E-state index contributed by atoms with van der Waals surface area (Å²) in [5.74, 6) is -0.0596. The maximum absolute atomic E-state index is 12.4. The van der Waals surface area contributed by atoms with Gasteiger partial charge in [-0.2, -0.15) is 0 Å². The van der Waals surface area contributed by atoms with E-state index in [2.05, 4.69) is 19.2 Å². The van der Waals surface area contributed by atoms with Crippen LogP contribution in [0.25, 0.3) is 0 Å². The molecular formula is C53H105NO3. The van der Waals surface area contributed by atoms with Gasteiger partial charge in [0.05, 0.1) is 18.8 Å². The number of hydrogen-bond acceptors (Lipinski definition) is 3. The number of aliphatic hydroxyl groups excluding tert-OH is 2. The van der Waals surface area contributed by atoms with Gasteiger partial charge in [0.25, 0.3) is 0 Å². The van der Waals surface area contributed by atoms with Gasteiger partial charge in [0.1, 0.15) is 0 Å². The molecule has 0 radical (unpaired) electrons. The smallest absolute Gasteiger partial charge is 0.220 e. The fourth-order valence-corrected chi connectivity index (χ4v) is 8.48. The number of nitrogens with one attached hydrogen (secondary N) is 1. The highest BCUT2D eigenvalue weighted by Gasteiger charge is 2.18. The van der Waals surface area contributed by atoms with Crippen molar-refractivity contribution < 1.29 is 15.0 Å². The maximum Gasteiger partial charge on any atom is 0.220 e. The molecule has 0 aliphatic rings. The standard InChI is InChI=1S/C53H105NO3/c1-3-5-7-9-11-13-15-16-17-18-19-20-21-22-23-24-25-26-27-28-29-30-31-32-33-34-35-36-37-38-39-41-43-45-47-49-53(57)54-51(50-55)52(56)48-46-44-42-40-14-12-10-8-6-4-2/h46,48,51-52,55-56H,3-45,47,49-50H2,1-2H3,(H,54,57)/b48-46+. The summed E-state index contributed by atoms with van der Waals surface area (Å²) >= 11 is 0. The molecule has 0 rings (SSSR count). The lowest BCUT2D eigenvalue weighted by atomic mass is 10.0. The zero-order valence-electron chi connectivity index (χ0n) is 39.1. The molecule has 1 amide bonds. The third kappa shape index (κ3) is 46.1. The molecular weight excluding hydrogens is 699 g/mol. The van der Waals surface area contributed by atoms with Gasteiger partial charge in [-0.1, -0.05) is 289 Å². The van der Waals surface area contributed by atoms with Crippen LogP contribution in [0, 0.1) is 0 Å². The fraction of sp³-hybridized carbons (Fsp3) is 0.943. The van der Waals surface area contributed by atoms with Gasteiger partial charge < -0.3 is 15.5 Å². The van der Waals surface area contributed by atoms with Crippen molar-refractivity contribution in [2.24, 2.45) is 0 Å². The van der Waals surface area contributed by atoms with Crippen LogP contribution in [0.15, 0.2) is 12.2 Å². The average molecular weight is 804 g/mol. The van der Waals surface area contributed by atoms with Gasteiger partial charge >= 0.3 is 0 Å². The summed E-state index contributed by atoms with van der Waals surface area (Å²) in [5.41, 5.74) is 0. The van der Waals surface area contributed by atoms with E-state index in [4.69, 9.17) is 0 Å². The summed E-state index contributed by atoms with van der Waals surface area (Å²) in [6.45, 7) is 4.31. The summed E-state index contributed by atoms with van der Waals surface area (Å²) in [6, 6.07) is -0.615. The van der Waals surface area contributed by atoms with Crippen LogP contribution in [0.4, 0.5) is 0 Å². The molecule has 0 heterocycles. The Balaban J connectivity index is 3.33. The van der Waals surface area contributed by atoms with Gasteiger partial charge in [0, 0.05) is 6.42 Å². The third-order valence-corrected chi connectivity index (χ3v) is 12.5. The molecule has 4 nitrogen and oxygen atoms in total. The largest absolute Gasteiger partial charge is 0.394 e. The molecule has 0 aromatic heterocycles. The fourth-order valence-electron chi connectivity index (χ4n) is 8.48. The molecule has 2 atom stereocenters. The Kier molecular flexibility index (Phi) is 48.7. The van der Waals surface area contributed by atoms with Crippen molar-refractivity contribution in [2.45, 2.75) is 315 Å². The zero-order chi connectivity index (χ0) is 41.4. The van der Waals surface area contributed by atoms with Gasteiger partial charge in [-0.25, -0.2) is 0 Å². The number of carbonyl (C=O) groups excluding carboxylic acids is 1. The molecule has 0 bridgehead atoms. The third-order valence-electron chi connectivity index (χ3n) is 12.5. The van der Waals surface area contributed by atoms with Gasteiger partial charge in [0.2, 0.25) is 5.91 Å². The number of aliphatic hydroxyl groups is 2. The van der Waals surface area contributed by atoms with E-state index < -0.39 is 12.1 Å². The molecule has 0 saturated heterocycles. The molecule has 0 aliphatic carbocycles. The van der Waals surface area contributed by atoms with Crippen molar-refractivity contribution in [1.82, 2.24) is 5.32 Å². The Hall–Kier alpha value is -0.870. The topological polar surface area (TPSA) is 69.6 Å². The number of unbranched alkanes of at least 4 members (excludes halogenated alkanes) is 42. The number of carbonyl (C=O) groups is 1. The van der Waals surface area contributed by atoms with Crippen LogP contribution < -0.4 is 5.32 Å². The molecule has 0 aliphatic heterocycles. The second kappa shape index (κ2) is 49.5. The molecule has 57 heavy (non-hydrogen) atoms. The van der Waals surface area contributed by atoms with Gasteiger partial charge in [-0.05, 0) is 19.3 Å². The first-order valence-electron chi connectivity index (χ1n) is 26.4. The van der Waals surface area contributed by atoms with E-state index in [0.29, 0.717) is 6.42 Å². The van der Waals surface area contributed by atoms with Gasteiger partial charge in [-0.3, -0.25) is 4.79 Å². The Bertz CT molecular complexity index is 784. The number of hydrogen-bond donors (Lipinski definition) is 3. The second-order valence-corrected chi connectivity index (χ2v) is 18.3. The Morgan fingerprint density at radius 1 is 0.404 bits per heavy atom. The molecule has 0 saturated carbocycles. The van der Waals surface area contributed by atoms with Crippen LogP contribution in [0.1, 0.15) is 303 Å². The number of allylic oxidation sites excluding steroid dienone is 1. The quantitative estimate of drug-likeness (QED) is 0.0424. The normalized spacial score (nSPS) is 12.8. The highest BCUT2D eigenvalue weighted by atomic mass is 16.3. The monoisotopic (exact) mass is 804 g/mol.